The molecule has 2 aromatic rings. The summed E-state index contributed by atoms with van der Waals surface area (Å²) in [5, 5.41) is 2.69. The number of nitrogens with one attached hydrogen (secondary N) is 1. The smallest absolute Gasteiger partial charge is 0.387 e. The van der Waals surface area contributed by atoms with E-state index in [0.717, 1.165) is 18.6 Å². The predicted molar refractivity (Wildman–Crippen MR) is 72.3 cm³/mol. The maximum Gasteiger partial charge on any atom is 0.451 e. The van der Waals surface area contributed by atoms with Gasteiger partial charge in [-0.15, -0.1) is 0 Å². The van der Waals surface area contributed by atoms with Gasteiger partial charge < -0.3 is 5.32 Å². The Balaban J connectivity index is 2.37. The lowest BCUT2D eigenvalue weighted by atomic mass is 10.1. The monoisotopic (exact) mass is 330 g/mol. The van der Waals surface area contributed by atoms with Crippen molar-refractivity contribution in [3.8, 4) is 11.3 Å². The third-order valence-electron chi connectivity index (χ3n) is 2.90. The van der Waals surface area contributed by atoms with Crippen LogP contribution in [0.5, 0.6) is 0 Å². The average molecular weight is 330 g/mol. The SMILES string of the molecule is C=CNCc1cc(-c2cnc(C(F)(F)F)nc2)ncc1C(F)F. The van der Waals surface area contributed by atoms with Crippen LogP contribution >= 0.6 is 0 Å². The molecule has 0 saturated heterocycles. The Morgan fingerprint density at radius 3 is 2.30 bits per heavy atom. The van der Waals surface area contributed by atoms with Crippen molar-refractivity contribution < 1.29 is 22.0 Å². The first-order valence-corrected chi connectivity index (χ1v) is 6.33. The maximum absolute atomic E-state index is 12.9. The second-order valence-corrected chi connectivity index (χ2v) is 4.45. The van der Waals surface area contributed by atoms with Crippen LogP contribution in [-0.4, -0.2) is 15.0 Å². The molecule has 0 aliphatic carbocycles. The molecule has 2 aromatic heterocycles. The molecule has 0 bridgehead atoms. The summed E-state index contributed by atoms with van der Waals surface area (Å²) in [5.41, 5.74) is 0.378. The molecule has 4 nitrogen and oxygen atoms in total. The summed E-state index contributed by atoms with van der Waals surface area (Å²) in [6.07, 6.45) is -3.14. The quantitative estimate of drug-likeness (QED) is 0.849. The third kappa shape index (κ3) is 3.99. The Morgan fingerprint density at radius 2 is 1.78 bits per heavy atom. The van der Waals surface area contributed by atoms with E-state index < -0.39 is 18.4 Å². The number of aromatic nitrogens is 3. The van der Waals surface area contributed by atoms with E-state index >= 15 is 0 Å². The van der Waals surface area contributed by atoms with Crippen molar-refractivity contribution in [3.63, 3.8) is 0 Å². The first-order chi connectivity index (χ1) is 10.8. The van der Waals surface area contributed by atoms with Crippen LogP contribution < -0.4 is 5.32 Å². The summed E-state index contributed by atoms with van der Waals surface area (Å²) in [5.74, 6) is -1.28. The highest BCUT2D eigenvalue weighted by Gasteiger charge is 2.34. The Bertz CT molecular complexity index is 683. The van der Waals surface area contributed by atoms with Crippen LogP contribution in [0.1, 0.15) is 23.4 Å². The molecule has 0 radical (unpaired) electrons. The molecule has 0 aromatic carbocycles. The molecule has 1 N–H and O–H groups in total. The number of hydrogen-bond donors (Lipinski definition) is 1. The summed E-state index contributed by atoms with van der Waals surface area (Å²) in [7, 11) is 0. The summed E-state index contributed by atoms with van der Waals surface area (Å²) in [6.45, 7) is 3.51. The maximum atomic E-state index is 12.9. The number of rotatable bonds is 5. The van der Waals surface area contributed by atoms with Gasteiger partial charge >= 0.3 is 6.18 Å². The Labute approximate surface area is 128 Å². The first kappa shape index (κ1) is 16.8. The molecular weight excluding hydrogens is 319 g/mol. The van der Waals surface area contributed by atoms with E-state index in [0.29, 0.717) is 0 Å². The molecule has 0 saturated carbocycles. The zero-order valence-corrected chi connectivity index (χ0v) is 11.6. The molecule has 0 fully saturated rings. The molecule has 0 unspecified atom stereocenters. The van der Waals surface area contributed by atoms with E-state index in [1.165, 1.54) is 12.3 Å². The average Bonchev–Trinajstić information content (AvgIpc) is 2.51. The van der Waals surface area contributed by atoms with E-state index in [1.54, 1.807) is 0 Å². The number of alkyl halides is 5. The van der Waals surface area contributed by atoms with Gasteiger partial charge in [-0.2, -0.15) is 13.2 Å². The van der Waals surface area contributed by atoms with Crippen LogP contribution in [-0.2, 0) is 12.7 Å². The fourth-order valence-electron chi connectivity index (χ4n) is 1.80. The molecule has 0 amide bonds. The molecule has 0 spiro atoms. The third-order valence-corrected chi connectivity index (χ3v) is 2.90. The molecule has 2 rings (SSSR count). The second kappa shape index (κ2) is 6.67. The minimum absolute atomic E-state index is 0.0835. The van der Waals surface area contributed by atoms with Gasteiger partial charge in [-0.3, -0.25) is 4.98 Å². The predicted octanol–water partition coefficient (Wildman–Crippen LogP) is 3.73. The molecular formula is C14H11F5N4. The van der Waals surface area contributed by atoms with Crippen molar-refractivity contribution in [2.75, 3.05) is 0 Å². The van der Waals surface area contributed by atoms with Gasteiger partial charge in [-0.05, 0) is 17.8 Å². The standard InChI is InChI=1S/C14H11F5N4/c1-2-20-4-8-3-11(21-7-10(8)12(15)16)9-5-22-13(23-6-9)14(17,18)19/h2-3,5-7,12,20H,1,4H2. The van der Waals surface area contributed by atoms with E-state index in [9.17, 15) is 22.0 Å². The largest absolute Gasteiger partial charge is 0.451 e. The van der Waals surface area contributed by atoms with E-state index in [2.05, 4.69) is 26.8 Å². The lowest BCUT2D eigenvalue weighted by Gasteiger charge is -2.11. The molecule has 23 heavy (non-hydrogen) atoms. The van der Waals surface area contributed by atoms with Crippen molar-refractivity contribution in [1.82, 2.24) is 20.3 Å². The number of hydrogen-bond acceptors (Lipinski definition) is 4. The number of halogens is 5. The normalized spacial score (nSPS) is 11.6. The van der Waals surface area contributed by atoms with E-state index in [4.69, 9.17) is 0 Å². The fourth-order valence-corrected chi connectivity index (χ4v) is 1.80. The molecule has 2 heterocycles. The van der Waals surface area contributed by atoms with E-state index in [-0.39, 0.29) is 28.9 Å². The van der Waals surface area contributed by atoms with Gasteiger partial charge in [-0.1, -0.05) is 6.58 Å². The molecule has 0 aliphatic heterocycles. The van der Waals surface area contributed by atoms with E-state index in [1.807, 2.05) is 0 Å². The zero-order valence-electron chi connectivity index (χ0n) is 11.6. The van der Waals surface area contributed by atoms with Crippen molar-refractivity contribution >= 4 is 0 Å². The van der Waals surface area contributed by atoms with Crippen LogP contribution in [0.4, 0.5) is 22.0 Å². The van der Waals surface area contributed by atoms with Gasteiger partial charge in [0.15, 0.2) is 0 Å². The van der Waals surface area contributed by atoms with Crippen LogP contribution in [0.2, 0.25) is 0 Å². The van der Waals surface area contributed by atoms with Crippen molar-refractivity contribution in [2.24, 2.45) is 0 Å². The Hall–Kier alpha value is -2.58. The van der Waals surface area contributed by atoms with Crippen molar-refractivity contribution in [1.29, 1.82) is 0 Å². The summed E-state index contributed by atoms with van der Waals surface area (Å²) in [4.78, 5) is 10.3. The molecule has 0 aliphatic rings. The summed E-state index contributed by atoms with van der Waals surface area (Å²) in [6, 6.07) is 1.35. The fraction of sp³-hybridized carbons (Fsp3) is 0.214. The molecule has 9 heteroatoms. The highest BCUT2D eigenvalue weighted by molar-refractivity contribution is 5.58. The first-order valence-electron chi connectivity index (χ1n) is 6.33. The summed E-state index contributed by atoms with van der Waals surface area (Å²) >= 11 is 0. The number of nitrogens with zero attached hydrogens (tertiary/aromatic N) is 3. The lowest BCUT2D eigenvalue weighted by Crippen LogP contribution is -2.11. The summed E-state index contributed by atoms with van der Waals surface area (Å²) < 4.78 is 63.1. The van der Waals surface area contributed by atoms with Gasteiger partial charge in [0.25, 0.3) is 6.43 Å². The van der Waals surface area contributed by atoms with Crippen LogP contribution in [0.3, 0.4) is 0 Å². The Morgan fingerprint density at radius 1 is 1.13 bits per heavy atom. The second-order valence-electron chi connectivity index (χ2n) is 4.45. The lowest BCUT2D eigenvalue weighted by molar-refractivity contribution is -0.144. The van der Waals surface area contributed by atoms with Crippen molar-refractivity contribution in [2.45, 2.75) is 19.1 Å². The van der Waals surface area contributed by atoms with Crippen LogP contribution in [0.25, 0.3) is 11.3 Å². The molecule has 0 atom stereocenters. The van der Waals surface area contributed by atoms with Gasteiger partial charge in [0.1, 0.15) is 0 Å². The minimum Gasteiger partial charge on any atom is -0.387 e. The Kier molecular flexibility index (Phi) is 4.87. The van der Waals surface area contributed by atoms with Gasteiger partial charge in [0.2, 0.25) is 5.82 Å². The van der Waals surface area contributed by atoms with Crippen molar-refractivity contribution in [3.05, 3.63) is 54.4 Å². The van der Waals surface area contributed by atoms with Crippen LogP contribution in [0, 0.1) is 0 Å². The van der Waals surface area contributed by atoms with Gasteiger partial charge in [0, 0.05) is 36.3 Å². The highest BCUT2D eigenvalue weighted by Crippen LogP contribution is 2.28. The zero-order chi connectivity index (χ0) is 17.0. The number of pyridine rings is 1. The topological polar surface area (TPSA) is 50.7 Å². The molecule has 122 valence electrons. The van der Waals surface area contributed by atoms with Crippen LogP contribution in [0.15, 0.2) is 37.4 Å². The minimum atomic E-state index is -4.65. The van der Waals surface area contributed by atoms with Gasteiger partial charge in [-0.25, -0.2) is 18.7 Å². The van der Waals surface area contributed by atoms with Gasteiger partial charge in [0.05, 0.1) is 5.69 Å². The highest BCUT2D eigenvalue weighted by atomic mass is 19.4.